The highest BCUT2D eigenvalue weighted by Gasteiger charge is 2.04. The Morgan fingerprint density at radius 2 is 1.24 bits per heavy atom. The van der Waals surface area contributed by atoms with Crippen molar-refractivity contribution in [3.05, 3.63) is 54.1 Å². The number of ether oxygens (including phenoxy) is 4. The van der Waals surface area contributed by atoms with E-state index < -0.39 is 0 Å². The number of carbonyl (C=O) groups is 2. The molecule has 2 rings (SSSR count). The first-order chi connectivity index (χ1) is 17.8. The Hall–Kier alpha value is -2.56. The van der Waals surface area contributed by atoms with Crippen LogP contribution in [-0.4, -0.2) is 86.4 Å². The molecule has 0 aliphatic carbocycles. The normalized spacial score (nSPS) is 10.4. The number of carbonyl (C=O) groups excluding carboxylic acids is 2. The Labute approximate surface area is 223 Å². The molecule has 0 atom stereocenters. The van der Waals surface area contributed by atoms with Crippen LogP contribution in [0.15, 0.2) is 48.5 Å². The Kier molecular flexibility index (Phi) is 21.1. The number of nitrogens with one attached hydrogen (secondary N) is 2. The van der Waals surface area contributed by atoms with Crippen molar-refractivity contribution in [1.29, 1.82) is 0 Å². The van der Waals surface area contributed by atoms with Gasteiger partial charge in [-0.1, -0.05) is 17.6 Å². The highest BCUT2D eigenvalue weighted by molar-refractivity contribution is 6.32. The van der Waals surface area contributed by atoms with Crippen LogP contribution in [0.25, 0.3) is 0 Å². The molecule has 0 spiro atoms. The van der Waals surface area contributed by atoms with Gasteiger partial charge in [0.05, 0.1) is 45.2 Å². The maximum Gasteiger partial charge on any atom is 0.150 e. The number of rotatable bonds is 15. The van der Waals surface area contributed by atoms with Crippen LogP contribution in [-0.2, 0) is 23.7 Å². The molecule has 0 aliphatic heterocycles. The van der Waals surface area contributed by atoms with Gasteiger partial charge in [-0.25, -0.2) is 0 Å². The van der Waals surface area contributed by atoms with Gasteiger partial charge in [-0.15, -0.1) is 0 Å². The molecular weight excluding hydrogens is 471 g/mol. The van der Waals surface area contributed by atoms with Crippen molar-refractivity contribution in [1.82, 2.24) is 5.32 Å². The molecule has 0 saturated heterocycles. The minimum Gasteiger partial charge on any atom is -0.379 e. The molecule has 0 fully saturated rings. The summed E-state index contributed by atoms with van der Waals surface area (Å²) in [4.78, 5) is 20.4. The molecule has 2 aromatic carbocycles. The van der Waals surface area contributed by atoms with Crippen molar-refractivity contribution in [3.63, 3.8) is 0 Å². The first-order valence-corrected chi connectivity index (χ1v) is 12.3. The Bertz CT molecular complexity index is 811. The lowest BCUT2D eigenvalue weighted by molar-refractivity contribution is -0.108. The van der Waals surface area contributed by atoms with Crippen LogP contribution < -0.4 is 16.1 Å². The van der Waals surface area contributed by atoms with Crippen molar-refractivity contribution in [3.8, 4) is 0 Å². The summed E-state index contributed by atoms with van der Waals surface area (Å²) >= 11 is 0. The van der Waals surface area contributed by atoms with Crippen LogP contribution in [0.5, 0.6) is 0 Å². The largest absolute Gasteiger partial charge is 0.379 e. The van der Waals surface area contributed by atoms with Gasteiger partial charge in [0, 0.05) is 37.0 Å². The topological polar surface area (TPSA) is 95.1 Å². The van der Waals surface area contributed by atoms with E-state index in [0.717, 1.165) is 36.0 Å². The first-order valence-electron chi connectivity index (χ1n) is 12.3. The fourth-order valence-corrected chi connectivity index (χ4v) is 2.23. The van der Waals surface area contributed by atoms with E-state index in [1.54, 1.807) is 19.2 Å². The van der Waals surface area contributed by atoms with Gasteiger partial charge >= 0.3 is 0 Å². The zero-order valence-corrected chi connectivity index (χ0v) is 23.0. The summed E-state index contributed by atoms with van der Waals surface area (Å²) in [6, 6.07) is 14.7. The Morgan fingerprint density at radius 1 is 0.784 bits per heavy atom. The standard InChI is InChI=1S/C13H10BNO.C10H21NO4.C5H12O/c14-11-3-7-13(8-4-11)15-12-5-1-10(9-16)2-6-12;1-11-3-6-14-8-10-15-9-7-13-5-2-4-12;1-5(2,3)6-4/h1-9,15H;4,11H,2-3,5-10H2,1H3;1-4H3. The molecule has 204 valence electrons. The van der Waals surface area contributed by atoms with Gasteiger partial charge in [0.2, 0.25) is 0 Å². The van der Waals surface area contributed by atoms with Crippen molar-refractivity contribution < 1.29 is 28.5 Å². The summed E-state index contributed by atoms with van der Waals surface area (Å²) in [5, 5.41) is 6.20. The molecule has 2 radical (unpaired) electrons. The lowest BCUT2D eigenvalue weighted by atomic mass is 9.96. The first kappa shape index (κ1) is 34.4. The molecule has 37 heavy (non-hydrogen) atoms. The van der Waals surface area contributed by atoms with Crippen LogP contribution in [0.1, 0.15) is 37.6 Å². The predicted octanol–water partition coefficient (Wildman–Crippen LogP) is 3.31. The van der Waals surface area contributed by atoms with Gasteiger partial charge in [0.25, 0.3) is 0 Å². The van der Waals surface area contributed by atoms with Gasteiger partial charge in [0.1, 0.15) is 20.4 Å². The maximum atomic E-state index is 10.5. The third-order valence-electron chi connectivity index (χ3n) is 4.48. The van der Waals surface area contributed by atoms with Gasteiger partial charge in [-0.05, 0) is 64.2 Å². The van der Waals surface area contributed by atoms with E-state index in [9.17, 15) is 9.59 Å². The summed E-state index contributed by atoms with van der Waals surface area (Å²) < 4.78 is 20.5. The number of anilines is 2. The summed E-state index contributed by atoms with van der Waals surface area (Å²) in [6.07, 6.45) is 2.12. The molecule has 2 aromatic rings. The summed E-state index contributed by atoms with van der Waals surface area (Å²) in [5.74, 6) is 0. The number of likely N-dealkylation sites (N-methyl/N-ethyl adjacent to an activating group) is 1. The molecule has 0 aliphatic rings. The highest BCUT2D eigenvalue weighted by Crippen LogP contribution is 2.15. The molecule has 0 saturated carbocycles. The minimum atomic E-state index is 0.0417. The number of benzene rings is 2. The number of hydrogen-bond acceptors (Lipinski definition) is 8. The van der Waals surface area contributed by atoms with Gasteiger partial charge in [-0.2, -0.15) is 0 Å². The molecule has 8 nitrogen and oxygen atoms in total. The third-order valence-corrected chi connectivity index (χ3v) is 4.48. The smallest absolute Gasteiger partial charge is 0.150 e. The van der Waals surface area contributed by atoms with Crippen LogP contribution >= 0.6 is 0 Å². The van der Waals surface area contributed by atoms with Gasteiger partial charge in [-0.3, -0.25) is 4.79 Å². The molecular formula is C28H43BN2O6. The number of hydrogen-bond donors (Lipinski definition) is 2. The van der Waals surface area contributed by atoms with E-state index in [4.69, 9.17) is 26.8 Å². The van der Waals surface area contributed by atoms with E-state index >= 15 is 0 Å². The predicted molar refractivity (Wildman–Crippen MR) is 151 cm³/mol. The zero-order valence-electron chi connectivity index (χ0n) is 23.0. The Balaban J connectivity index is 0.000000579. The second-order valence-electron chi connectivity index (χ2n) is 8.70. The monoisotopic (exact) mass is 514 g/mol. The van der Waals surface area contributed by atoms with Gasteiger partial charge in [0.15, 0.2) is 0 Å². The van der Waals surface area contributed by atoms with E-state index in [0.29, 0.717) is 51.6 Å². The highest BCUT2D eigenvalue weighted by atomic mass is 16.5. The van der Waals surface area contributed by atoms with Crippen molar-refractivity contribution >= 4 is 37.3 Å². The lowest BCUT2D eigenvalue weighted by Gasteiger charge is -2.14. The molecule has 0 unspecified atom stereocenters. The average molecular weight is 514 g/mol. The lowest BCUT2D eigenvalue weighted by Crippen LogP contribution is -2.16. The minimum absolute atomic E-state index is 0.0417. The maximum absolute atomic E-state index is 10.5. The molecule has 9 heteroatoms. The van der Waals surface area contributed by atoms with Crippen LogP contribution in [0.3, 0.4) is 0 Å². The number of methoxy groups -OCH3 is 1. The fraction of sp³-hybridized carbons (Fsp3) is 0.500. The van der Waals surface area contributed by atoms with Crippen LogP contribution in [0, 0.1) is 0 Å². The van der Waals surface area contributed by atoms with E-state index in [1.165, 1.54) is 0 Å². The SMILES string of the molecule is CNCCOCCOCCOCCC=O.COC(C)(C)C.[B]c1ccc(Nc2ccc(C=O)cc2)cc1. The second-order valence-corrected chi connectivity index (χ2v) is 8.70. The van der Waals surface area contributed by atoms with E-state index in [1.807, 2.05) is 64.2 Å². The van der Waals surface area contributed by atoms with Crippen LogP contribution in [0.2, 0.25) is 0 Å². The molecule has 0 amide bonds. The quantitative estimate of drug-likeness (QED) is 0.212. The molecule has 0 heterocycles. The molecule has 0 bridgehead atoms. The van der Waals surface area contributed by atoms with Crippen molar-refractivity contribution in [2.24, 2.45) is 0 Å². The summed E-state index contributed by atoms with van der Waals surface area (Å²) in [5.41, 5.74) is 3.35. The van der Waals surface area contributed by atoms with E-state index in [-0.39, 0.29) is 5.60 Å². The fourth-order valence-electron chi connectivity index (χ4n) is 2.23. The van der Waals surface area contributed by atoms with Crippen molar-refractivity contribution in [2.75, 3.05) is 65.7 Å². The number of aldehydes is 2. The summed E-state index contributed by atoms with van der Waals surface area (Å²) in [7, 11) is 9.19. The Morgan fingerprint density at radius 3 is 1.68 bits per heavy atom. The van der Waals surface area contributed by atoms with Crippen LogP contribution in [0.4, 0.5) is 11.4 Å². The third kappa shape index (κ3) is 22.4. The average Bonchev–Trinajstić information content (AvgIpc) is 2.89. The summed E-state index contributed by atoms with van der Waals surface area (Å²) in [6.45, 7) is 10.4. The van der Waals surface area contributed by atoms with Gasteiger partial charge < -0.3 is 34.4 Å². The second kappa shape index (κ2) is 22.6. The molecule has 2 N–H and O–H groups in total. The molecule has 0 aromatic heterocycles. The van der Waals surface area contributed by atoms with Crippen molar-refractivity contribution in [2.45, 2.75) is 32.8 Å². The zero-order chi connectivity index (χ0) is 27.8. The van der Waals surface area contributed by atoms with E-state index in [2.05, 4.69) is 10.6 Å².